The lowest BCUT2D eigenvalue weighted by Gasteiger charge is -1.67. The molecule has 1 aromatic rings. The fourth-order valence-electron chi connectivity index (χ4n) is 0.342. The average Bonchev–Trinajstić information content (AvgIpc) is 1.87. The second-order valence-corrected chi connectivity index (χ2v) is 2.76. The Hall–Kier alpha value is 0.300. The Morgan fingerprint density at radius 3 is 2.57 bits per heavy atom. The molecular weight excluding hydrogens is 224 g/mol. The zero-order chi connectivity index (χ0) is 5.28. The molecule has 0 bridgehead atoms. The van der Waals surface area contributed by atoms with E-state index in [9.17, 15) is 0 Å². The van der Waals surface area contributed by atoms with Gasteiger partial charge in [0.25, 0.3) is 0 Å². The minimum Gasteiger partial charge on any atom is -0.355 e. The van der Waals surface area contributed by atoms with E-state index in [-0.39, 0.29) is 0 Å². The molecule has 1 rings (SSSR count). The maximum absolute atomic E-state index is 5.52. The van der Waals surface area contributed by atoms with Crippen molar-refractivity contribution >= 4 is 34.2 Å². The van der Waals surface area contributed by atoms with Crippen LogP contribution in [0.1, 0.15) is 0 Å². The molecule has 0 aliphatic carbocycles. The third kappa shape index (κ3) is 1.35. The molecule has 7 heavy (non-hydrogen) atoms. The quantitative estimate of drug-likeness (QED) is 0.655. The molecule has 1 aromatic heterocycles. The number of H-pyrrole nitrogens is 1. The van der Waals surface area contributed by atoms with Gasteiger partial charge in [-0.15, -0.1) is 0 Å². The molecule has 1 N–H and O–H groups in total. The summed E-state index contributed by atoms with van der Waals surface area (Å²) in [5.74, 6) is 0. The van der Waals surface area contributed by atoms with E-state index in [1.165, 1.54) is 0 Å². The lowest BCUT2D eigenvalue weighted by Crippen LogP contribution is -1.57. The monoisotopic (exact) mass is 227 g/mol. The summed E-state index contributed by atoms with van der Waals surface area (Å²) in [5, 5.41) is 0.768. The predicted octanol–water partition coefficient (Wildman–Crippen LogP) is 2.27. The molecule has 0 unspecified atom stereocenters. The number of hydrogen-bond acceptors (Lipinski definition) is 0. The second kappa shape index (κ2) is 2.05. The second-order valence-electron chi connectivity index (χ2n) is 1.17. The Morgan fingerprint density at radius 1 is 1.71 bits per heavy atom. The highest BCUT2D eigenvalue weighted by atomic mass is 127. The lowest BCUT2D eigenvalue weighted by atomic mass is 10.7. The Kier molecular flexibility index (Phi) is 1.59. The van der Waals surface area contributed by atoms with Crippen molar-refractivity contribution in [3.05, 3.63) is 21.0 Å². The van der Waals surface area contributed by atoms with Crippen LogP contribution in [0.25, 0.3) is 0 Å². The van der Waals surface area contributed by atoms with E-state index in [1.807, 2.05) is 6.07 Å². The average molecular weight is 227 g/mol. The molecular formula is C4H3ClIN. The van der Waals surface area contributed by atoms with Crippen LogP contribution in [0.5, 0.6) is 0 Å². The lowest BCUT2D eigenvalue weighted by molar-refractivity contribution is 1.36. The maximum Gasteiger partial charge on any atom is 0.0787 e. The molecule has 38 valence electrons. The summed E-state index contributed by atoms with van der Waals surface area (Å²) in [6, 6.07) is 1.86. The Balaban J connectivity index is 3.04. The number of halogens is 2. The first-order valence-corrected chi connectivity index (χ1v) is 3.24. The van der Waals surface area contributed by atoms with Gasteiger partial charge >= 0.3 is 0 Å². The highest BCUT2D eigenvalue weighted by Crippen LogP contribution is 2.10. The number of nitrogens with one attached hydrogen (secondary N) is 1. The van der Waals surface area contributed by atoms with Crippen molar-refractivity contribution < 1.29 is 0 Å². The van der Waals surface area contributed by atoms with Gasteiger partial charge in [0, 0.05) is 6.20 Å². The molecule has 0 atom stereocenters. The van der Waals surface area contributed by atoms with Gasteiger partial charge in [-0.2, -0.15) is 0 Å². The molecule has 0 saturated heterocycles. The zero-order valence-electron chi connectivity index (χ0n) is 3.41. The SMILES string of the molecule is Clc1c[nH]c(I)c1. The molecule has 0 radical (unpaired) electrons. The molecule has 0 amide bonds. The minimum absolute atomic E-state index is 0.768. The third-order valence-electron chi connectivity index (χ3n) is 0.613. The van der Waals surface area contributed by atoms with E-state index in [0.29, 0.717) is 0 Å². The van der Waals surface area contributed by atoms with Crippen LogP contribution in [0, 0.1) is 3.70 Å². The molecule has 1 heterocycles. The molecule has 3 heteroatoms. The Morgan fingerprint density at radius 2 is 2.43 bits per heavy atom. The van der Waals surface area contributed by atoms with Crippen molar-refractivity contribution in [1.29, 1.82) is 0 Å². The van der Waals surface area contributed by atoms with Gasteiger partial charge in [0.05, 0.1) is 8.72 Å². The van der Waals surface area contributed by atoms with Gasteiger partial charge in [-0.05, 0) is 28.7 Å². The predicted molar refractivity (Wildman–Crippen MR) is 38.5 cm³/mol. The molecule has 0 fully saturated rings. The van der Waals surface area contributed by atoms with Crippen molar-refractivity contribution in [2.24, 2.45) is 0 Å². The first-order valence-electron chi connectivity index (χ1n) is 1.78. The fourth-order valence-corrected chi connectivity index (χ4v) is 1.18. The maximum atomic E-state index is 5.52. The van der Waals surface area contributed by atoms with Gasteiger partial charge in [0.15, 0.2) is 0 Å². The van der Waals surface area contributed by atoms with Gasteiger partial charge < -0.3 is 4.98 Å². The van der Waals surface area contributed by atoms with Crippen molar-refractivity contribution in [3.8, 4) is 0 Å². The van der Waals surface area contributed by atoms with Gasteiger partial charge in [-0.3, -0.25) is 0 Å². The molecule has 0 spiro atoms. The van der Waals surface area contributed by atoms with Crippen LogP contribution in [0.3, 0.4) is 0 Å². The first kappa shape index (κ1) is 5.44. The minimum atomic E-state index is 0.768. The molecule has 0 aliphatic rings. The number of aromatic amines is 1. The molecule has 0 aliphatic heterocycles. The smallest absolute Gasteiger partial charge is 0.0787 e. The van der Waals surface area contributed by atoms with Crippen LogP contribution in [0.15, 0.2) is 12.3 Å². The van der Waals surface area contributed by atoms with Gasteiger partial charge in [0.1, 0.15) is 0 Å². The van der Waals surface area contributed by atoms with E-state index >= 15 is 0 Å². The highest BCUT2D eigenvalue weighted by molar-refractivity contribution is 14.1. The summed E-state index contributed by atoms with van der Waals surface area (Å²) in [7, 11) is 0. The van der Waals surface area contributed by atoms with Gasteiger partial charge in [-0.1, -0.05) is 11.6 Å². The summed E-state index contributed by atoms with van der Waals surface area (Å²) in [4.78, 5) is 2.92. The molecule has 1 nitrogen and oxygen atoms in total. The van der Waals surface area contributed by atoms with Crippen LogP contribution < -0.4 is 0 Å². The third-order valence-corrected chi connectivity index (χ3v) is 1.45. The van der Waals surface area contributed by atoms with Crippen LogP contribution in [0.2, 0.25) is 5.02 Å². The first-order chi connectivity index (χ1) is 3.29. The standard InChI is InChI=1S/C4H3ClIN/c5-3-1-4(6)7-2-3/h1-2,7H. The van der Waals surface area contributed by atoms with Crippen molar-refractivity contribution in [3.63, 3.8) is 0 Å². The number of rotatable bonds is 0. The molecule has 0 saturated carbocycles. The fraction of sp³-hybridized carbons (Fsp3) is 0. The highest BCUT2D eigenvalue weighted by Gasteiger charge is 1.86. The van der Waals surface area contributed by atoms with E-state index < -0.39 is 0 Å². The topological polar surface area (TPSA) is 15.8 Å². The number of hydrogen-bond donors (Lipinski definition) is 1. The van der Waals surface area contributed by atoms with Crippen molar-refractivity contribution in [2.75, 3.05) is 0 Å². The van der Waals surface area contributed by atoms with Crippen LogP contribution >= 0.6 is 34.2 Å². The summed E-state index contributed by atoms with van der Waals surface area (Å²) in [6.45, 7) is 0. The summed E-state index contributed by atoms with van der Waals surface area (Å²) < 4.78 is 1.07. The van der Waals surface area contributed by atoms with Crippen LogP contribution in [-0.2, 0) is 0 Å². The van der Waals surface area contributed by atoms with E-state index in [2.05, 4.69) is 27.6 Å². The van der Waals surface area contributed by atoms with Gasteiger partial charge in [0.2, 0.25) is 0 Å². The normalized spacial score (nSPS) is 9.43. The van der Waals surface area contributed by atoms with Gasteiger partial charge in [-0.25, -0.2) is 0 Å². The summed E-state index contributed by atoms with van der Waals surface area (Å²) >= 11 is 7.69. The Labute approximate surface area is 60.2 Å². The van der Waals surface area contributed by atoms with E-state index in [0.717, 1.165) is 8.72 Å². The summed E-state index contributed by atoms with van der Waals surface area (Å²) in [5.41, 5.74) is 0. The number of aromatic nitrogens is 1. The van der Waals surface area contributed by atoms with E-state index in [4.69, 9.17) is 11.6 Å². The van der Waals surface area contributed by atoms with Crippen molar-refractivity contribution in [2.45, 2.75) is 0 Å². The zero-order valence-corrected chi connectivity index (χ0v) is 6.32. The Bertz CT molecular complexity index is 144. The largest absolute Gasteiger partial charge is 0.355 e. The van der Waals surface area contributed by atoms with Crippen molar-refractivity contribution in [1.82, 2.24) is 4.98 Å². The van der Waals surface area contributed by atoms with Crippen LogP contribution in [0.4, 0.5) is 0 Å². The van der Waals surface area contributed by atoms with Crippen LogP contribution in [-0.4, -0.2) is 4.98 Å². The van der Waals surface area contributed by atoms with E-state index in [1.54, 1.807) is 6.20 Å². The molecule has 0 aromatic carbocycles. The summed E-state index contributed by atoms with van der Waals surface area (Å²) in [6.07, 6.45) is 1.75.